The fourth-order valence-electron chi connectivity index (χ4n) is 4.40. The average molecular weight is 280 g/mol. The first-order valence-electron chi connectivity index (χ1n) is 8.67. The number of likely N-dealkylation sites (tertiary alicyclic amines) is 1. The van der Waals surface area contributed by atoms with E-state index in [1.165, 1.54) is 51.6 Å². The Morgan fingerprint density at radius 2 is 1.75 bits per heavy atom. The summed E-state index contributed by atoms with van der Waals surface area (Å²) in [6.07, 6.45) is 8.48. The maximum atomic E-state index is 5.89. The smallest absolute Gasteiger partial charge is 0.0619 e. The summed E-state index contributed by atoms with van der Waals surface area (Å²) >= 11 is 0. The molecule has 2 aliphatic heterocycles. The summed E-state index contributed by atoms with van der Waals surface area (Å²) in [4.78, 5) is 2.63. The van der Waals surface area contributed by atoms with Gasteiger partial charge < -0.3 is 10.1 Å². The van der Waals surface area contributed by atoms with Gasteiger partial charge in [0.05, 0.1) is 6.10 Å². The Kier molecular flexibility index (Phi) is 4.40. The van der Waals surface area contributed by atoms with Crippen molar-refractivity contribution in [1.29, 1.82) is 0 Å². The second-order valence-electron chi connectivity index (χ2n) is 8.00. The maximum Gasteiger partial charge on any atom is 0.0619 e. The van der Waals surface area contributed by atoms with E-state index >= 15 is 0 Å². The van der Waals surface area contributed by atoms with Crippen LogP contribution in [0.3, 0.4) is 0 Å². The van der Waals surface area contributed by atoms with Crippen molar-refractivity contribution in [2.45, 2.75) is 83.0 Å². The van der Waals surface area contributed by atoms with Crippen LogP contribution < -0.4 is 5.32 Å². The van der Waals surface area contributed by atoms with Crippen molar-refractivity contribution >= 4 is 0 Å². The molecular formula is C17H32N2O. The van der Waals surface area contributed by atoms with Gasteiger partial charge in [0.25, 0.3) is 0 Å². The second-order valence-corrected chi connectivity index (χ2v) is 8.00. The molecule has 3 rings (SSSR count). The van der Waals surface area contributed by atoms with Crippen molar-refractivity contribution < 1.29 is 4.74 Å². The van der Waals surface area contributed by atoms with Crippen molar-refractivity contribution in [3.05, 3.63) is 0 Å². The summed E-state index contributed by atoms with van der Waals surface area (Å²) in [5.74, 6) is 0.796. The third-order valence-corrected chi connectivity index (χ3v) is 5.67. The van der Waals surface area contributed by atoms with E-state index < -0.39 is 0 Å². The molecule has 0 unspecified atom stereocenters. The number of ether oxygens (including phenoxy) is 1. The standard InChI is InChI=1S/C17H32N2O/c1-17(2,3)19-10-7-13(8-11-19)18-15-5-4-6-16-14(15)9-12-20-16/h13-16,18H,4-12H2,1-3H3/t14-,15+,16-/m0/s1. The summed E-state index contributed by atoms with van der Waals surface area (Å²) in [6.45, 7) is 10.5. The predicted molar refractivity (Wildman–Crippen MR) is 83.0 cm³/mol. The Morgan fingerprint density at radius 3 is 2.45 bits per heavy atom. The quantitative estimate of drug-likeness (QED) is 0.842. The fraction of sp³-hybridized carbons (Fsp3) is 1.00. The van der Waals surface area contributed by atoms with E-state index in [1.807, 2.05) is 0 Å². The molecule has 2 saturated heterocycles. The van der Waals surface area contributed by atoms with Gasteiger partial charge in [-0.2, -0.15) is 0 Å². The molecule has 0 bridgehead atoms. The molecule has 1 aliphatic carbocycles. The van der Waals surface area contributed by atoms with E-state index in [9.17, 15) is 0 Å². The van der Waals surface area contributed by atoms with Gasteiger partial charge in [0.2, 0.25) is 0 Å². The third kappa shape index (κ3) is 3.20. The van der Waals surface area contributed by atoms with Gasteiger partial charge in [-0.25, -0.2) is 0 Å². The molecule has 2 heterocycles. The number of nitrogens with one attached hydrogen (secondary N) is 1. The minimum Gasteiger partial charge on any atom is -0.378 e. The van der Waals surface area contributed by atoms with Crippen LogP contribution >= 0.6 is 0 Å². The van der Waals surface area contributed by atoms with E-state index in [2.05, 4.69) is 31.0 Å². The molecule has 0 radical (unpaired) electrons. The van der Waals surface area contributed by atoms with E-state index in [0.29, 0.717) is 11.6 Å². The Labute approximate surface area is 124 Å². The Hall–Kier alpha value is -0.120. The van der Waals surface area contributed by atoms with Crippen LogP contribution in [-0.2, 0) is 4.74 Å². The van der Waals surface area contributed by atoms with Crippen LogP contribution in [0.1, 0.15) is 59.3 Å². The summed E-state index contributed by atoms with van der Waals surface area (Å²) in [5, 5.41) is 3.99. The molecule has 116 valence electrons. The largest absolute Gasteiger partial charge is 0.378 e. The van der Waals surface area contributed by atoms with E-state index in [0.717, 1.165) is 24.6 Å². The topological polar surface area (TPSA) is 24.5 Å². The van der Waals surface area contributed by atoms with Crippen LogP contribution in [0.4, 0.5) is 0 Å². The molecule has 1 saturated carbocycles. The van der Waals surface area contributed by atoms with Gasteiger partial charge in [0, 0.05) is 43.2 Å². The molecule has 3 fully saturated rings. The van der Waals surface area contributed by atoms with Crippen molar-refractivity contribution in [3.63, 3.8) is 0 Å². The van der Waals surface area contributed by atoms with Crippen molar-refractivity contribution in [3.8, 4) is 0 Å². The van der Waals surface area contributed by atoms with Gasteiger partial charge in [-0.05, 0) is 59.3 Å². The lowest BCUT2D eigenvalue weighted by molar-refractivity contribution is 0.0447. The normalized spacial score (nSPS) is 37.0. The van der Waals surface area contributed by atoms with E-state index in [4.69, 9.17) is 4.74 Å². The Bertz CT molecular complexity index is 317. The van der Waals surface area contributed by atoms with Gasteiger partial charge in [-0.3, -0.25) is 4.90 Å². The summed E-state index contributed by atoms with van der Waals surface area (Å²) in [6, 6.07) is 1.46. The van der Waals surface area contributed by atoms with Gasteiger partial charge in [-0.1, -0.05) is 0 Å². The first-order valence-corrected chi connectivity index (χ1v) is 8.67. The van der Waals surface area contributed by atoms with Crippen LogP contribution in [0, 0.1) is 5.92 Å². The molecule has 20 heavy (non-hydrogen) atoms. The predicted octanol–water partition coefficient (Wildman–Crippen LogP) is 2.80. The summed E-state index contributed by atoms with van der Waals surface area (Å²) < 4.78 is 5.89. The molecule has 0 aromatic rings. The van der Waals surface area contributed by atoms with Gasteiger partial charge in [0.15, 0.2) is 0 Å². The van der Waals surface area contributed by atoms with Gasteiger partial charge >= 0.3 is 0 Å². The number of nitrogens with zero attached hydrogens (tertiary/aromatic N) is 1. The van der Waals surface area contributed by atoms with Crippen LogP contribution in [0.5, 0.6) is 0 Å². The molecular weight excluding hydrogens is 248 g/mol. The number of fused-ring (bicyclic) bond motifs is 1. The van der Waals surface area contributed by atoms with Crippen molar-refractivity contribution in [2.75, 3.05) is 19.7 Å². The molecule has 0 spiro atoms. The highest BCUT2D eigenvalue weighted by atomic mass is 16.5. The fourth-order valence-corrected chi connectivity index (χ4v) is 4.40. The second kappa shape index (κ2) is 5.94. The van der Waals surface area contributed by atoms with Gasteiger partial charge in [0.1, 0.15) is 0 Å². The minimum absolute atomic E-state index is 0.334. The van der Waals surface area contributed by atoms with Crippen LogP contribution in [-0.4, -0.2) is 48.3 Å². The number of hydrogen-bond donors (Lipinski definition) is 1. The lowest BCUT2D eigenvalue weighted by Crippen LogP contribution is -2.53. The maximum absolute atomic E-state index is 5.89. The van der Waals surface area contributed by atoms with E-state index in [1.54, 1.807) is 0 Å². The highest BCUT2D eigenvalue weighted by Gasteiger charge is 2.38. The molecule has 0 aromatic carbocycles. The Morgan fingerprint density at radius 1 is 1.00 bits per heavy atom. The van der Waals surface area contributed by atoms with Crippen LogP contribution in [0.25, 0.3) is 0 Å². The molecule has 3 heteroatoms. The number of piperidine rings is 1. The Balaban J connectivity index is 1.49. The number of rotatable bonds is 2. The molecule has 1 N–H and O–H groups in total. The van der Waals surface area contributed by atoms with Gasteiger partial charge in [-0.15, -0.1) is 0 Å². The zero-order chi connectivity index (χ0) is 14.2. The monoisotopic (exact) mass is 280 g/mol. The molecule has 0 amide bonds. The highest BCUT2D eigenvalue weighted by molar-refractivity contribution is 4.93. The first-order chi connectivity index (χ1) is 9.54. The van der Waals surface area contributed by atoms with Crippen molar-refractivity contribution in [2.24, 2.45) is 5.92 Å². The first kappa shape index (κ1) is 14.8. The molecule has 0 aromatic heterocycles. The lowest BCUT2D eigenvalue weighted by Gasteiger charge is -2.43. The highest BCUT2D eigenvalue weighted by Crippen LogP contribution is 2.35. The van der Waals surface area contributed by atoms with Crippen molar-refractivity contribution in [1.82, 2.24) is 10.2 Å². The van der Waals surface area contributed by atoms with E-state index in [-0.39, 0.29) is 0 Å². The minimum atomic E-state index is 0.334. The molecule has 3 atom stereocenters. The lowest BCUT2D eigenvalue weighted by atomic mass is 9.81. The average Bonchev–Trinajstić information content (AvgIpc) is 2.88. The zero-order valence-corrected chi connectivity index (χ0v) is 13.5. The summed E-state index contributed by atoms with van der Waals surface area (Å²) in [5.41, 5.74) is 0.334. The van der Waals surface area contributed by atoms with Crippen LogP contribution in [0.15, 0.2) is 0 Å². The third-order valence-electron chi connectivity index (χ3n) is 5.67. The summed E-state index contributed by atoms with van der Waals surface area (Å²) in [7, 11) is 0. The van der Waals surface area contributed by atoms with Crippen LogP contribution in [0.2, 0.25) is 0 Å². The molecule has 3 nitrogen and oxygen atoms in total. The SMILES string of the molecule is CC(C)(C)N1CCC(N[C@@H]2CCC[C@@H]3OCC[C@H]32)CC1. The zero-order valence-electron chi connectivity index (χ0n) is 13.5. The molecule has 3 aliphatic rings. The number of hydrogen-bond acceptors (Lipinski definition) is 3.